The second-order valence-electron chi connectivity index (χ2n) is 5.13. The zero-order chi connectivity index (χ0) is 13.8. The van der Waals surface area contributed by atoms with Crippen LogP contribution in [0.1, 0.15) is 47.5 Å². The molecule has 0 fully saturated rings. The second kappa shape index (κ2) is 11.9. The molecule has 0 bridgehead atoms. The van der Waals surface area contributed by atoms with Gasteiger partial charge in [-0.3, -0.25) is 0 Å². The van der Waals surface area contributed by atoms with Gasteiger partial charge in [0.05, 0.1) is 0 Å². The Morgan fingerprint density at radius 2 is 1.44 bits per heavy atom. The minimum atomic E-state index is 0.610. The standard InChI is InChI=1S/C15H35N3/c1-6-11-16-15(5)14-18(9-4)13-10-12-17(7-2)8-3/h15-16H,6-14H2,1-5H3. The van der Waals surface area contributed by atoms with Crippen LogP contribution in [0.15, 0.2) is 0 Å². The molecular formula is C15H35N3. The first kappa shape index (κ1) is 17.9. The first-order chi connectivity index (χ1) is 8.67. The maximum atomic E-state index is 3.57. The van der Waals surface area contributed by atoms with Gasteiger partial charge in [0, 0.05) is 12.6 Å². The normalized spacial score (nSPS) is 13.5. The fraction of sp³-hybridized carbons (Fsp3) is 1.00. The zero-order valence-electron chi connectivity index (χ0n) is 13.3. The van der Waals surface area contributed by atoms with Crippen LogP contribution in [0, 0.1) is 0 Å². The lowest BCUT2D eigenvalue weighted by Crippen LogP contribution is -2.40. The molecule has 0 spiro atoms. The van der Waals surface area contributed by atoms with E-state index in [1.807, 2.05) is 0 Å². The Bertz CT molecular complexity index is 169. The van der Waals surface area contributed by atoms with E-state index in [4.69, 9.17) is 0 Å². The molecule has 0 rings (SSSR count). The van der Waals surface area contributed by atoms with Crippen molar-refractivity contribution in [2.75, 3.05) is 45.8 Å². The molecule has 0 aliphatic carbocycles. The van der Waals surface area contributed by atoms with E-state index in [1.54, 1.807) is 0 Å². The lowest BCUT2D eigenvalue weighted by atomic mass is 10.2. The Morgan fingerprint density at radius 3 is 1.94 bits per heavy atom. The molecular weight excluding hydrogens is 222 g/mol. The van der Waals surface area contributed by atoms with Crippen molar-refractivity contribution in [1.29, 1.82) is 0 Å². The average Bonchev–Trinajstić information content (AvgIpc) is 2.39. The van der Waals surface area contributed by atoms with Gasteiger partial charge in [0.25, 0.3) is 0 Å². The predicted octanol–water partition coefficient (Wildman–Crippen LogP) is 2.43. The number of nitrogens with one attached hydrogen (secondary N) is 1. The van der Waals surface area contributed by atoms with Crippen molar-refractivity contribution in [3.05, 3.63) is 0 Å². The largest absolute Gasteiger partial charge is 0.313 e. The number of hydrogen-bond acceptors (Lipinski definition) is 3. The van der Waals surface area contributed by atoms with E-state index in [-0.39, 0.29) is 0 Å². The third-order valence-electron chi connectivity index (χ3n) is 3.57. The summed E-state index contributed by atoms with van der Waals surface area (Å²) in [6.07, 6.45) is 2.51. The topological polar surface area (TPSA) is 18.5 Å². The molecule has 18 heavy (non-hydrogen) atoms. The first-order valence-electron chi connectivity index (χ1n) is 7.85. The monoisotopic (exact) mass is 257 g/mol. The lowest BCUT2D eigenvalue weighted by molar-refractivity contribution is 0.228. The summed E-state index contributed by atoms with van der Waals surface area (Å²) in [4.78, 5) is 5.07. The molecule has 110 valence electrons. The van der Waals surface area contributed by atoms with Crippen LogP contribution in [0.25, 0.3) is 0 Å². The molecule has 0 amide bonds. The van der Waals surface area contributed by atoms with Crippen LogP contribution < -0.4 is 5.32 Å². The van der Waals surface area contributed by atoms with Gasteiger partial charge in [-0.15, -0.1) is 0 Å². The van der Waals surface area contributed by atoms with E-state index in [2.05, 4.69) is 49.7 Å². The summed E-state index contributed by atoms with van der Waals surface area (Å²) in [6.45, 7) is 19.6. The van der Waals surface area contributed by atoms with Gasteiger partial charge in [0.15, 0.2) is 0 Å². The average molecular weight is 257 g/mol. The molecule has 3 nitrogen and oxygen atoms in total. The molecule has 0 aliphatic heterocycles. The zero-order valence-corrected chi connectivity index (χ0v) is 13.3. The van der Waals surface area contributed by atoms with Crippen molar-refractivity contribution in [1.82, 2.24) is 15.1 Å². The molecule has 0 saturated heterocycles. The van der Waals surface area contributed by atoms with E-state index in [0.29, 0.717) is 6.04 Å². The van der Waals surface area contributed by atoms with E-state index < -0.39 is 0 Å². The van der Waals surface area contributed by atoms with Gasteiger partial charge in [-0.2, -0.15) is 0 Å². The summed E-state index contributed by atoms with van der Waals surface area (Å²) >= 11 is 0. The molecule has 1 N–H and O–H groups in total. The fourth-order valence-electron chi connectivity index (χ4n) is 2.28. The molecule has 0 aromatic heterocycles. The SMILES string of the molecule is CCCNC(C)CN(CC)CCCN(CC)CC. The van der Waals surface area contributed by atoms with Crippen molar-refractivity contribution in [2.24, 2.45) is 0 Å². The van der Waals surface area contributed by atoms with Gasteiger partial charge < -0.3 is 15.1 Å². The van der Waals surface area contributed by atoms with Crippen molar-refractivity contribution in [2.45, 2.75) is 53.5 Å². The summed E-state index contributed by atoms with van der Waals surface area (Å²) < 4.78 is 0. The second-order valence-corrected chi connectivity index (χ2v) is 5.13. The van der Waals surface area contributed by atoms with Crippen LogP contribution in [0.2, 0.25) is 0 Å². The van der Waals surface area contributed by atoms with Gasteiger partial charge in [-0.25, -0.2) is 0 Å². The molecule has 0 aromatic carbocycles. The van der Waals surface area contributed by atoms with Crippen LogP contribution in [0.3, 0.4) is 0 Å². The summed E-state index contributed by atoms with van der Waals surface area (Å²) in [6, 6.07) is 0.610. The molecule has 0 heterocycles. The minimum absolute atomic E-state index is 0.610. The molecule has 1 unspecified atom stereocenters. The number of hydrogen-bond donors (Lipinski definition) is 1. The first-order valence-corrected chi connectivity index (χ1v) is 7.85. The van der Waals surface area contributed by atoms with Crippen LogP contribution >= 0.6 is 0 Å². The third kappa shape index (κ3) is 8.90. The van der Waals surface area contributed by atoms with Gasteiger partial charge in [-0.1, -0.05) is 27.7 Å². The van der Waals surface area contributed by atoms with E-state index in [1.165, 1.54) is 45.6 Å². The Labute approximate surface area is 115 Å². The number of likely N-dealkylation sites (N-methyl/N-ethyl adjacent to an activating group) is 1. The van der Waals surface area contributed by atoms with E-state index in [0.717, 1.165) is 13.1 Å². The Hall–Kier alpha value is -0.120. The van der Waals surface area contributed by atoms with Crippen molar-refractivity contribution in [3.8, 4) is 0 Å². The Kier molecular flexibility index (Phi) is 11.9. The van der Waals surface area contributed by atoms with Crippen molar-refractivity contribution < 1.29 is 0 Å². The van der Waals surface area contributed by atoms with Gasteiger partial charge in [-0.05, 0) is 59.0 Å². The van der Waals surface area contributed by atoms with Gasteiger partial charge >= 0.3 is 0 Å². The smallest absolute Gasteiger partial charge is 0.0166 e. The molecule has 1 atom stereocenters. The summed E-state index contributed by atoms with van der Waals surface area (Å²) in [5.41, 5.74) is 0. The highest BCUT2D eigenvalue weighted by Gasteiger charge is 2.08. The summed E-state index contributed by atoms with van der Waals surface area (Å²) in [5.74, 6) is 0. The molecule has 0 saturated carbocycles. The van der Waals surface area contributed by atoms with E-state index >= 15 is 0 Å². The van der Waals surface area contributed by atoms with Crippen LogP contribution in [0.4, 0.5) is 0 Å². The summed E-state index contributed by atoms with van der Waals surface area (Å²) in [5, 5.41) is 3.57. The third-order valence-corrected chi connectivity index (χ3v) is 3.57. The number of rotatable bonds is 12. The Morgan fingerprint density at radius 1 is 0.889 bits per heavy atom. The van der Waals surface area contributed by atoms with Crippen molar-refractivity contribution in [3.63, 3.8) is 0 Å². The van der Waals surface area contributed by atoms with E-state index in [9.17, 15) is 0 Å². The minimum Gasteiger partial charge on any atom is -0.313 e. The highest BCUT2D eigenvalue weighted by atomic mass is 15.2. The highest BCUT2D eigenvalue weighted by Crippen LogP contribution is 1.97. The fourth-order valence-corrected chi connectivity index (χ4v) is 2.28. The van der Waals surface area contributed by atoms with Crippen molar-refractivity contribution >= 4 is 0 Å². The maximum Gasteiger partial charge on any atom is 0.0166 e. The quantitative estimate of drug-likeness (QED) is 0.579. The molecule has 0 radical (unpaired) electrons. The molecule has 0 aliphatic rings. The summed E-state index contributed by atoms with van der Waals surface area (Å²) in [7, 11) is 0. The number of nitrogens with zero attached hydrogens (tertiary/aromatic N) is 2. The van der Waals surface area contributed by atoms with Crippen LogP contribution in [-0.4, -0.2) is 61.7 Å². The maximum absolute atomic E-state index is 3.57. The van der Waals surface area contributed by atoms with Crippen LogP contribution in [-0.2, 0) is 0 Å². The van der Waals surface area contributed by atoms with Crippen LogP contribution in [0.5, 0.6) is 0 Å². The Balaban J connectivity index is 3.75. The van der Waals surface area contributed by atoms with Gasteiger partial charge in [0.2, 0.25) is 0 Å². The highest BCUT2D eigenvalue weighted by molar-refractivity contribution is 4.67. The predicted molar refractivity (Wildman–Crippen MR) is 82.3 cm³/mol. The molecule has 0 aromatic rings. The molecule has 3 heteroatoms. The lowest BCUT2D eigenvalue weighted by Gasteiger charge is -2.26. The van der Waals surface area contributed by atoms with Gasteiger partial charge in [0.1, 0.15) is 0 Å².